The molecule has 5 atom stereocenters. The minimum absolute atomic E-state index is 0.0630. The lowest BCUT2D eigenvalue weighted by molar-refractivity contribution is -0.385. The number of aliphatic hydroxyl groups excluding tert-OH is 3. The third kappa shape index (κ3) is 2.32. The quantitative estimate of drug-likeness (QED) is 0.485. The van der Waals surface area contributed by atoms with Gasteiger partial charge in [-0.3, -0.25) is 10.1 Å². The fraction of sp³-hybridized carbons (Fsp3) is 0.538. The first-order chi connectivity index (χ1) is 10.5. The van der Waals surface area contributed by atoms with Gasteiger partial charge in [0.25, 0.3) is 5.69 Å². The van der Waals surface area contributed by atoms with Crippen LogP contribution in [0, 0.1) is 10.1 Å². The number of hydrogen-bond acceptors (Lipinski definition) is 8. The summed E-state index contributed by atoms with van der Waals surface area (Å²) >= 11 is 0. The molecule has 0 aliphatic carbocycles. The van der Waals surface area contributed by atoms with Gasteiger partial charge in [-0.25, -0.2) is 0 Å². The molecule has 1 aromatic carbocycles. The van der Waals surface area contributed by atoms with Gasteiger partial charge in [0, 0.05) is 12.1 Å². The molecular weight excluding hydrogens is 298 g/mol. The predicted molar refractivity (Wildman–Crippen MR) is 70.2 cm³/mol. The normalized spacial score (nSPS) is 37.0. The van der Waals surface area contributed by atoms with Crippen LogP contribution in [0.25, 0.3) is 0 Å². The number of nitrogens with zero attached hydrogens (tertiary/aromatic N) is 1. The maximum absolute atomic E-state index is 10.6. The summed E-state index contributed by atoms with van der Waals surface area (Å²) in [7, 11) is 0. The summed E-state index contributed by atoms with van der Waals surface area (Å²) in [5.41, 5.74) is -1.53. The first kappa shape index (κ1) is 15.1. The first-order valence-electron chi connectivity index (χ1n) is 6.64. The molecule has 3 N–H and O–H groups in total. The number of aliphatic hydroxyl groups is 3. The largest absolute Gasteiger partial charge is 0.462 e. The van der Waals surface area contributed by atoms with Crippen LogP contribution < -0.4 is 4.74 Å². The van der Waals surface area contributed by atoms with E-state index in [0.717, 1.165) is 0 Å². The molecule has 4 rings (SSSR count). The molecule has 0 aromatic heterocycles. The van der Waals surface area contributed by atoms with Gasteiger partial charge in [0.15, 0.2) is 0 Å². The maximum Gasteiger partial charge on any atom is 0.269 e. The van der Waals surface area contributed by atoms with Crippen LogP contribution in [0.4, 0.5) is 5.69 Å². The zero-order chi connectivity index (χ0) is 15.9. The van der Waals surface area contributed by atoms with Gasteiger partial charge >= 0.3 is 0 Å². The van der Waals surface area contributed by atoms with Gasteiger partial charge in [0.1, 0.15) is 29.7 Å². The van der Waals surface area contributed by atoms with E-state index in [0.29, 0.717) is 0 Å². The summed E-state index contributed by atoms with van der Waals surface area (Å²) < 4.78 is 16.4. The van der Waals surface area contributed by atoms with E-state index in [9.17, 15) is 25.4 Å². The topological polar surface area (TPSA) is 132 Å². The van der Waals surface area contributed by atoms with E-state index in [-0.39, 0.29) is 18.0 Å². The minimum atomic E-state index is -1.44. The van der Waals surface area contributed by atoms with E-state index in [1.807, 2.05) is 0 Å². The first-order valence-corrected chi connectivity index (χ1v) is 6.64. The molecule has 0 spiro atoms. The third-order valence-electron chi connectivity index (χ3n) is 3.91. The molecule has 3 heterocycles. The molecular formula is C13H15NO8. The van der Waals surface area contributed by atoms with Gasteiger partial charge in [0.05, 0.1) is 18.1 Å². The van der Waals surface area contributed by atoms with E-state index in [1.54, 1.807) is 0 Å². The molecule has 120 valence electrons. The van der Waals surface area contributed by atoms with Crippen LogP contribution in [-0.2, 0) is 9.47 Å². The Labute approximate surface area is 124 Å². The Hall–Kier alpha value is -1.78. The number of nitro groups is 1. The summed E-state index contributed by atoms with van der Waals surface area (Å²) in [5.74, 6) is 0.279. The molecule has 9 nitrogen and oxygen atoms in total. The lowest BCUT2D eigenvalue weighted by Crippen LogP contribution is -2.74. The van der Waals surface area contributed by atoms with Crippen molar-refractivity contribution >= 4 is 5.69 Å². The van der Waals surface area contributed by atoms with Crippen LogP contribution in [0.15, 0.2) is 24.3 Å². The average Bonchev–Trinajstić information content (AvgIpc) is 2.52. The molecule has 0 radical (unpaired) electrons. The van der Waals surface area contributed by atoms with Crippen molar-refractivity contribution in [3.05, 3.63) is 34.4 Å². The number of benzene rings is 1. The van der Waals surface area contributed by atoms with Crippen LogP contribution in [0.5, 0.6) is 5.75 Å². The van der Waals surface area contributed by atoms with Crippen molar-refractivity contribution in [3.63, 3.8) is 0 Å². The maximum atomic E-state index is 10.6. The van der Waals surface area contributed by atoms with E-state index in [1.165, 1.54) is 24.3 Å². The minimum Gasteiger partial charge on any atom is -0.462 e. The summed E-state index contributed by atoms with van der Waals surface area (Å²) in [4.78, 5) is 10.1. The number of hydrogen-bond donors (Lipinski definition) is 3. The van der Waals surface area contributed by atoms with E-state index >= 15 is 0 Å². The number of nitro benzene ring substituents is 1. The molecule has 3 aliphatic rings. The highest BCUT2D eigenvalue weighted by molar-refractivity contribution is 5.36. The lowest BCUT2D eigenvalue weighted by Gasteiger charge is -2.53. The highest BCUT2D eigenvalue weighted by atomic mass is 16.7. The second-order valence-electron chi connectivity index (χ2n) is 5.29. The molecule has 2 bridgehead atoms. The SMILES string of the molecule is O=[N+]([O-])c1ccc(O[C@@H]2O[C@@]3(CO)CO[C@@H]2[C@@H](O)[C@@H]3O)cc1. The molecule has 9 heteroatoms. The molecule has 0 amide bonds. The number of fused-ring (bicyclic) bond motifs is 3. The van der Waals surface area contributed by atoms with Crippen molar-refractivity contribution in [2.24, 2.45) is 0 Å². The Morgan fingerprint density at radius 1 is 1.36 bits per heavy atom. The van der Waals surface area contributed by atoms with Crippen LogP contribution in [0.1, 0.15) is 0 Å². The second-order valence-corrected chi connectivity index (χ2v) is 5.29. The average molecular weight is 313 g/mol. The molecule has 0 unspecified atom stereocenters. The summed E-state index contributed by atoms with van der Waals surface area (Å²) in [5, 5.41) is 40.0. The van der Waals surface area contributed by atoms with Gasteiger partial charge in [-0.1, -0.05) is 0 Å². The fourth-order valence-corrected chi connectivity index (χ4v) is 2.60. The number of ether oxygens (including phenoxy) is 3. The Kier molecular flexibility index (Phi) is 3.75. The van der Waals surface area contributed by atoms with E-state index in [2.05, 4.69) is 0 Å². The summed E-state index contributed by atoms with van der Waals surface area (Å²) in [6, 6.07) is 5.31. The molecule has 0 saturated carbocycles. The van der Waals surface area contributed by atoms with Crippen molar-refractivity contribution in [1.29, 1.82) is 0 Å². The smallest absolute Gasteiger partial charge is 0.269 e. The van der Waals surface area contributed by atoms with Crippen molar-refractivity contribution in [2.45, 2.75) is 30.2 Å². The summed E-state index contributed by atoms with van der Waals surface area (Å²) in [6.07, 6.45) is -4.51. The standard InChI is InChI=1S/C13H15NO8/c15-5-13-6-20-10(9(16)11(13)17)12(22-13)21-8-3-1-7(2-4-8)14(18)19/h1-4,9-12,15-17H,5-6H2/t9-,10-,11+,12-,13+/m1/s1. The van der Waals surface area contributed by atoms with Crippen LogP contribution >= 0.6 is 0 Å². The van der Waals surface area contributed by atoms with E-state index < -0.39 is 41.7 Å². The Morgan fingerprint density at radius 3 is 2.64 bits per heavy atom. The van der Waals surface area contributed by atoms with E-state index in [4.69, 9.17) is 14.2 Å². The van der Waals surface area contributed by atoms with Gasteiger partial charge in [-0.05, 0) is 12.1 Å². The highest BCUT2D eigenvalue weighted by Crippen LogP contribution is 2.38. The Morgan fingerprint density at radius 2 is 2.05 bits per heavy atom. The van der Waals surface area contributed by atoms with Crippen molar-refractivity contribution in [3.8, 4) is 5.75 Å². The highest BCUT2D eigenvalue weighted by Gasteiger charge is 2.60. The van der Waals surface area contributed by atoms with Crippen molar-refractivity contribution in [2.75, 3.05) is 13.2 Å². The van der Waals surface area contributed by atoms with Gasteiger partial charge in [-0.2, -0.15) is 0 Å². The molecule has 3 aliphatic heterocycles. The number of rotatable bonds is 4. The lowest BCUT2D eigenvalue weighted by atomic mass is 9.85. The zero-order valence-electron chi connectivity index (χ0n) is 11.4. The fourth-order valence-electron chi connectivity index (χ4n) is 2.60. The van der Waals surface area contributed by atoms with Gasteiger partial charge < -0.3 is 29.5 Å². The Bertz CT molecular complexity index is 564. The van der Waals surface area contributed by atoms with Gasteiger partial charge in [-0.15, -0.1) is 0 Å². The van der Waals surface area contributed by atoms with Crippen LogP contribution in [0.2, 0.25) is 0 Å². The van der Waals surface area contributed by atoms with Crippen molar-refractivity contribution in [1.82, 2.24) is 0 Å². The third-order valence-corrected chi connectivity index (χ3v) is 3.91. The summed E-state index contributed by atoms with van der Waals surface area (Å²) in [6.45, 7) is -0.607. The monoisotopic (exact) mass is 313 g/mol. The molecule has 3 fully saturated rings. The van der Waals surface area contributed by atoms with Crippen LogP contribution in [0.3, 0.4) is 0 Å². The molecule has 22 heavy (non-hydrogen) atoms. The van der Waals surface area contributed by atoms with Gasteiger partial charge in [0.2, 0.25) is 6.29 Å². The molecule has 1 aromatic rings. The van der Waals surface area contributed by atoms with Crippen LogP contribution in [-0.4, -0.2) is 63.7 Å². The molecule has 3 saturated heterocycles. The zero-order valence-corrected chi connectivity index (χ0v) is 11.4. The second kappa shape index (κ2) is 5.45. The Balaban J connectivity index is 1.77. The van der Waals surface area contributed by atoms with Crippen molar-refractivity contribution < 1.29 is 34.5 Å². The number of non-ortho nitro benzene ring substituents is 1. The predicted octanol–water partition coefficient (Wildman–Crippen LogP) is -0.818.